The second-order valence-electron chi connectivity index (χ2n) is 5.30. The van der Waals surface area contributed by atoms with Crippen molar-refractivity contribution in [1.82, 2.24) is 5.32 Å². The summed E-state index contributed by atoms with van der Waals surface area (Å²) in [6.07, 6.45) is 0. The van der Waals surface area contributed by atoms with Crippen LogP contribution in [0.4, 0.5) is 5.69 Å². The van der Waals surface area contributed by atoms with Crippen LogP contribution in [0, 0.1) is 18.8 Å². The van der Waals surface area contributed by atoms with Crippen LogP contribution < -0.4 is 10.2 Å². The molecule has 2 aromatic rings. The van der Waals surface area contributed by atoms with E-state index in [0.717, 1.165) is 16.8 Å². The average molecular weight is 292 g/mol. The number of carbonyl (C=O) groups is 1. The van der Waals surface area contributed by atoms with Gasteiger partial charge in [-0.2, -0.15) is 0 Å². The maximum atomic E-state index is 11.9. The molecular weight excluding hydrogens is 272 g/mol. The second kappa shape index (κ2) is 7.33. The van der Waals surface area contributed by atoms with Crippen molar-refractivity contribution in [1.29, 1.82) is 0 Å². The van der Waals surface area contributed by atoms with E-state index in [4.69, 9.17) is 0 Å². The smallest absolute Gasteiger partial charge is 0.252 e. The number of nitrogens with one attached hydrogen (secondary N) is 1. The van der Waals surface area contributed by atoms with E-state index >= 15 is 0 Å². The Morgan fingerprint density at radius 1 is 1.14 bits per heavy atom. The molecule has 0 radical (unpaired) electrons. The van der Waals surface area contributed by atoms with Gasteiger partial charge in [0.25, 0.3) is 5.91 Å². The molecule has 112 valence electrons. The van der Waals surface area contributed by atoms with Crippen LogP contribution in [-0.2, 0) is 0 Å². The molecule has 0 aromatic heterocycles. The Balaban J connectivity index is 1.90. The van der Waals surface area contributed by atoms with Crippen molar-refractivity contribution in [2.24, 2.45) is 0 Å². The van der Waals surface area contributed by atoms with Gasteiger partial charge in [-0.25, -0.2) is 0 Å². The summed E-state index contributed by atoms with van der Waals surface area (Å²) in [5.74, 6) is 5.92. The van der Waals surface area contributed by atoms with Gasteiger partial charge >= 0.3 is 0 Å². The Kier molecular flexibility index (Phi) is 5.21. The molecule has 0 spiro atoms. The lowest BCUT2D eigenvalue weighted by Crippen LogP contribution is -2.23. The van der Waals surface area contributed by atoms with Crippen molar-refractivity contribution in [2.75, 3.05) is 25.5 Å². The molecule has 2 rings (SSSR count). The molecule has 22 heavy (non-hydrogen) atoms. The van der Waals surface area contributed by atoms with Gasteiger partial charge in [0.2, 0.25) is 0 Å². The molecule has 0 saturated heterocycles. The second-order valence-corrected chi connectivity index (χ2v) is 5.30. The molecule has 0 aliphatic rings. The monoisotopic (exact) mass is 292 g/mol. The topological polar surface area (TPSA) is 32.3 Å². The minimum atomic E-state index is -0.0963. The van der Waals surface area contributed by atoms with Gasteiger partial charge in [0.05, 0.1) is 6.54 Å². The van der Waals surface area contributed by atoms with Crippen LogP contribution in [0.1, 0.15) is 21.5 Å². The van der Waals surface area contributed by atoms with Gasteiger partial charge in [0.15, 0.2) is 0 Å². The zero-order valence-corrected chi connectivity index (χ0v) is 13.2. The van der Waals surface area contributed by atoms with Gasteiger partial charge < -0.3 is 10.2 Å². The minimum absolute atomic E-state index is 0.0963. The normalized spacial score (nSPS) is 9.59. The standard InChI is InChI=1S/C19H20N2O/c1-15-6-4-8-17(14-15)19(22)20-13-5-7-16-9-11-18(12-10-16)21(2)3/h4,6,8-12,14H,13H2,1-3H3,(H,20,22). The average Bonchev–Trinajstić information content (AvgIpc) is 2.51. The van der Waals surface area contributed by atoms with Gasteiger partial charge in [0.1, 0.15) is 0 Å². The summed E-state index contributed by atoms with van der Waals surface area (Å²) in [5, 5.41) is 2.81. The van der Waals surface area contributed by atoms with Gasteiger partial charge in [-0.05, 0) is 43.3 Å². The van der Waals surface area contributed by atoms with E-state index in [0.29, 0.717) is 12.1 Å². The summed E-state index contributed by atoms with van der Waals surface area (Å²) >= 11 is 0. The van der Waals surface area contributed by atoms with Crippen molar-refractivity contribution in [3.05, 3.63) is 65.2 Å². The molecule has 3 heteroatoms. The van der Waals surface area contributed by atoms with Crippen LogP contribution in [0.25, 0.3) is 0 Å². The van der Waals surface area contributed by atoms with E-state index in [1.54, 1.807) is 6.07 Å². The number of amides is 1. The quantitative estimate of drug-likeness (QED) is 0.882. The van der Waals surface area contributed by atoms with Crippen LogP contribution in [0.2, 0.25) is 0 Å². The predicted molar refractivity (Wildman–Crippen MR) is 91.2 cm³/mol. The molecule has 0 aliphatic heterocycles. The molecule has 0 atom stereocenters. The fraction of sp³-hybridized carbons (Fsp3) is 0.211. The molecule has 2 aromatic carbocycles. The highest BCUT2D eigenvalue weighted by Gasteiger charge is 2.02. The third-order valence-corrected chi connectivity index (χ3v) is 3.23. The lowest BCUT2D eigenvalue weighted by atomic mass is 10.1. The van der Waals surface area contributed by atoms with E-state index in [9.17, 15) is 4.79 Å². The lowest BCUT2D eigenvalue weighted by molar-refractivity contribution is 0.0958. The molecule has 0 bridgehead atoms. The number of aryl methyl sites for hydroxylation is 1. The van der Waals surface area contributed by atoms with Crippen LogP contribution in [0.15, 0.2) is 48.5 Å². The first-order valence-corrected chi connectivity index (χ1v) is 7.17. The van der Waals surface area contributed by atoms with Crippen molar-refractivity contribution < 1.29 is 4.79 Å². The van der Waals surface area contributed by atoms with Crippen molar-refractivity contribution >= 4 is 11.6 Å². The highest BCUT2D eigenvalue weighted by molar-refractivity contribution is 5.94. The fourth-order valence-electron chi connectivity index (χ4n) is 2.00. The lowest BCUT2D eigenvalue weighted by Gasteiger charge is -2.11. The van der Waals surface area contributed by atoms with E-state index in [1.165, 1.54) is 0 Å². The first-order chi connectivity index (χ1) is 10.6. The van der Waals surface area contributed by atoms with Gasteiger partial charge in [0, 0.05) is 30.9 Å². The maximum Gasteiger partial charge on any atom is 0.252 e. The number of hydrogen-bond acceptors (Lipinski definition) is 2. The number of benzene rings is 2. The Bertz CT molecular complexity index is 706. The third-order valence-electron chi connectivity index (χ3n) is 3.23. The Labute approximate surface area is 132 Å². The number of rotatable bonds is 3. The summed E-state index contributed by atoms with van der Waals surface area (Å²) in [5.41, 5.74) is 3.81. The summed E-state index contributed by atoms with van der Waals surface area (Å²) in [7, 11) is 4.00. The highest BCUT2D eigenvalue weighted by atomic mass is 16.1. The van der Waals surface area contributed by atoms with E-state index in [1.807, 2.05) is 68.4 Å². The predicted octanol–water partition coefficient (Wildman–Crippen LogP) is 2.84. The van der Waals surface area contributed by atoms with Crippen LogP contribution in [0.5, 0.6) is 0 Å². The highest BCUT2D eigenvalue weighted by Crippen LogP contribution is 2.11. The third kappa shape index (κ3) is 4.39. The number of anilines is 1. The molecule has 0 aliphatic carbocycles. The van der Waals surface area contributed by atoms with E-state index in [2.05, 4.69) is 17.2 Å². The van der Waals surface area contributed by atoms with Crippen LogP contribution >= 0.6 is 0 Å². The molecule has 0 saturated carbocycles. The van der Waals surface area contributed by atoms with Crippen LogP contribution in [-0.4, -0.2) is 26.5 Å². The molecule has 1 N–H and O–H groups in total. The van der Waals surface area contributed by atoms with Gasteiger partial charge in [-0.1, -0.05) is 29.5 Å². The molecule has 0 fully saturated rings. The maximum absolute atomic E-state index is 11.9. The largest absolute Gasteiger partial charge is 0.378 e. The molecule has 3 nitrogen and oxygen atoms in total. The zero-order chi connectivity index (χ0) is 15.9. The first kappa shape index (κ1) is 15.7. The van der Waals surface area contributed by atoms with Gasteiger partial charge in [-0.15, -0.1) is 0 Å². The molecule has 0 unspecified atom stereocenters. The summed E-state index contributed by atoms with van der Waals surface area (Å²) < 4.78 is 0. The number of nitrogens with zero attached hydrogens (tertiary/aromatic N) is 1. The Morgan fingerprint density at radius 3 is 2.50 bits per heavy atom. The van der Waals surface area contributed by atoms with Crippen molar-refractivity contribution in [3.8, 4) is 11.8 Å². The Hall–Kier alpha value is -2.73. The zero-order valence-electron chi connectivity index (χ0n) is 13.2. The summed E-state index contributed by atoms with van der Waals surface area (Å²) in [4.78, 5) is 14.0. The van der Waals surface area contributed by atoms with Crippen molar-refractivity contribution in [2.45, 2.75) is 6.92 Å². The fourth-order valence-corrected chi connectivity index (χ4v) is 2.00. The molecule has 0 heterocycles. The number of hydrogen-bond donors (Lipinski definition) is 1. The van der Waals surface area contributed by atoms with Crippen molar-refractivity contribution in [3.63, 3.8) is 0 Å². The molecular formula is C19H20N2O. The SMILES string of the molecule is Cc1cccc(C(=O)NCC#Cc2ccc(N(C)C)cc2)c1. The minimum Gasteiger partial charge on any atom is -0.378 e. The summed E-state index contributed by atoms with van der Waals surface area (Å²) in [6.45, 7) is 2.30. The number of carbonyl (C=O) groups excluding carboxylic acids is 1. The summed E-state index contributed by atoms with van der Waals surface area (Å²) in [6, 6.07) is 15.5. The van der Waals surface area contributed by atoms with Gasteiger partial charge in [-0.3, -0.25) is 4.79 Å². The van der Waals surface area contributed by atoms with Crippen LogP contribution in [0.3, 0.4) is 0 Å². The van der Waals surface area contributed by atoms with E-state index in [-0.39, 0.29) is 5.91 Å². The van der Waals surface area contributed by atoms with E-state index < -0.39 is 0 Å². The molecule has 1 amide bonds. The Morgan fingerprint density at radius 2 is 1.86 bits per heavy atom. The first-order valence-electron chi connectivity index (χ1n) is 7.17.